The number of halogens is 1. The first-order valence-corrected chi connectivity index (χ1v) is 10.8. The summed E-state index contributed by atoms with van der Waals surface area (Å²) in [4.78, 5) is 19.4. The van der Waals surface area contributed by atoms with Gasteiger partial charge in [-0.3, -0.25) is 4.79 Å². The summed E-state index contributed by atoms with van der Waals surface area (Å²) in [6.45, 7) is 3.94. The van der Waals surface area contributed by atoms with Crippen molar-refractivity contribution in [3.05, 3.63) is 47.5 Å². The number of aliphatic imine (C=N–C) groups is 1. The van der Waals surface area contributed by atoms with Gasteiger partial charge in [-0.05, 0) is 49.1 Å². The summed E-state index contributed by atoms with van der Waals surface area (Å²) in [5, 5.41) is 6.35. The number of nitrogens with zero attached hydrogens (tertiary/aromatic N) is 2. The van der Waals surface area contributed by atoms with E-state index >= 15 is 0 Å². The number of benzene rings is 2. The molecule has 1 aliphatic rings. The molecule has 0 fully saturated rings. The molecule has 2 aromatic carbocycles. The van der Waals surface area contributed by atoms with E-state index in [9.17, 15) is 4.79 Å². The molecule has 0 aromatic heterocycles. The normalized spacial score (nSPS) is 12.8. The van der Waals surface area contributed by atoms with Gasteiger partial charge in [0.1, 0.15) is 0 Å². The summed E-state index contributed by atoms with van der Waals surface area (Å²) in [5.74, 6) is 2.29. The predicted molar refractivity (Wildman–Crippen MR) is 141 cm³/mol. The standard InChI is InChI=1S/C24H32N4O4.HI/c1-5-25-24(26-15-17-13-20(30-2)23(32-4)21(14-17)31-3)27-16-22(29)28-12-8-10-18-9-6-7-11-19(18)28;/h6-7,9,11,13-14H,5,8,10,12,15-16H2,1-4H3,(H2,25,26,27);1H. The molecule has 33 heavy (non-hydrogen) atoms. The summed E-state index contributed by atoms with van der Waals surface area (Å²) in [6, 6.07) is 11.8. The highest BCUT2D eigenvalue weighted by Crippen LogP contribution is 2.38. The largest absolute Gasteiger partial charge is 0.493 e. The van der Waals surface area contributed by atoms with Gasteiger partial charge in [-0.2, -0.15) is 0 Å². The summed E-state index contributed by atoms with van der Waals surface area (Å²) in [5.41, 5.74) is 3.12. The summed E-state index contributed by atoms with van der Waals surface area (Å²) < 4.78 is 16.2. The molecule has 0 bridgehead atoms. The van der Waals surface area contributed by atoms with Gasteiger partial charge < -0.3 is 29.7 Å². The Morgan fingerprint density at radius 2 is 1.76 bits per heavy atom. The topological polar surface area (TPSA) is 84.4 Å². The molecule has 0 unspecified atom stereocenters. The maximum absolute atomic E-state index is 12.9. The minimum Gasteiger partial charge on any atom is -0.493 e. The van der Waals surface area contributed by atoms with Gasteiger partial charge in [0, 0.05) is 18.8 Å². The number of methoxy groups -OCH3 is 3. The lowest BCUT2D eigenvalue weighted by molar-refractivity contribution is -0.117. The average molecular weight is 568 g/mol. The summed E-state index contributed by atoms with van der Waals surface area (Å²) in [6.07, 6.45) is 1.98. The highest BCUT2D eigenvalue weighted by molar-refractivity contribution is 14.0. The Morgan fingerprint density at radius 1 is 1.06 bits per heavy atom. The van der Waals surface area contributed by atoms with E-state index in [1.54, 1.807) is 21.3 Å². The number of nitrogens with one attached hydrogen (secondary N) is 2. The number of guanidine groups is 1. The molecule has 0 radical (unpaired) electrons. The van der Waals surface area contributed by atoms with Crippen molar-refractivity contribution < 1.29 is 19.0 Å². The molecule has 0 spiro atoms. The lowest BCUT2D eigenvalue weighted by Crippen LogP contribution is -2.46. The van der Waals surface area contributed by atoms with E-state index in [2.05, 4.69) is 21.7 Å². The van der Waals surface area contributed by atoms with Gasteiger partial charge >= 0.3 is 0 Å². The van der Waals surface area contributed by atoms with Crippen LogP contribution in [0.15, 0.2) is 41.4 Å². The molecule has 2 aromatic rings. The Balaban J connectivity index is 0.00000385. The number of hydrogen-bond donors (Lipinski definition) is 2. The van der Waals surface area contributed by atoms with Gasteiger partial charge in [-0.25, -0.2) is 4.99 Å². The van der Waals surface area contributed by atoms with E-state index in [4.69, 9.17) is 14.2 Å². The lowest BCUT2D eigenvalue weighted by atomic mass is 10.0. The maximum atomic E-state index is 12.9. The van der Waals surface area contributed by atoms with Crippen molar-refractivity contribution in [1.82, 2.24) is 10.6 Å². The van der Waals surface area contributed by atoms with Crippen LogP contribution in [-0.4, -0.2) is 52.8 Å². The van der Waals surface area contributed by atoms with Gasteiger partial charge in [0.05, 0.1) is 34.4 Å². The third-order valence-electron chi connectivity index (χ3n) is 5.31. The van der Waals surface area contributed by atoms with Crippen LogP contribution < -0.4 is 29.7 Å². The molecule has 1 heterocycles. The quantitative estimate of drug-likeness (QED) is 0.289. The first-order chi connectivity index (χ1) is 15.6. The Bertz CT molecular complexity index is 942. The van der Waals surface area contributed by atoms with E-state index in [0.717, 1.165) is 30.6 Å². The molecule has 0 saturated heterocycles. The number of anilines is 1. The van der Waals surface area contributed by atoms with Gasteiger partial charge in [0.25, 0.3) is 0 Å². The highest BCUT2D eigenvalue weighted by atomic mass is 127. The molecule has 0 saturated carbocycles. The lowest BCUT2D eigenvalue weighted by Gasteiger charge is -2.29. The van der Waals surface area contributed by atoms with Crippen LogP contribution in [0.25, 0.3) is 0 Å². The van der Waals surface area contributed by atoms with E-state index in [-0.39, 0.29) is 36.4 Å². The average Bonchev–Trinajstić information content (AvgIpc) is 2.84. The van der Waals surface area contributed by atoms with Crippen LogP contribution in [0.5, 0.6) is 17.2 Å². The predicted octanol–water partition coefficient (Wildman–Crippen LogP) is 3.36. The molecule has 1 amide bonds. The number of para-hydroxylation sites is 1. The van der Waals surface area contributed by atoms with Crippen molar-refractivity contribution in [2.45, 2.75) is 26.3 Å². The number of fused-ring (bicyclic) bond motifs is 1. The van der Waals surface area contributed by atoms with Gasteiger partial charge in [0.15, 0.2) is 17.5 Å². The van der Waals surface area contributed by atoms with Crippen LogP contribution >= 0.6 is 24.0 Å². The smallest absolute Gasteiger partial charge is 0.246 e. The SMILES string of the molecule is CCNC(=NCc1cc(OC)c(OC)c(OC)c1)NCC(=O)N1CCCc2ccccc21.I. The van der Waals surface area contributed by atoms with Gasteiger partial charge in [-0.15, -0.1) is 24.0 Å². The number of ether oxygens (including phenoxy) is 3. The zero-order valence-electron chi connectivity index (χ0n) is 19.6. The second-order valence-corrected chi connectivity index (χ2v) is 7.36. The Kier molecular flexibility index (Phi) is 10.6. The fourth-order valence-electron chi connectivity index (χ4n) is 3.79. The van der Waals surface area contributed by atoms with Crippen molar-refractivity contribution in [2.24, 2.45) is 4.99 Å². The molecule has 0 atom stereocenters. The van der Waals surface area contributed by atoms with Crippen molar-refractivity contribution in [3.8, 4) is 17.2 Å². The van der Waals surface area contributed by atoms with Crippen LogP contribution in [0.4, 0.5) is 5.69 Å². The van der Waals surface area contributed by atoms with Gasteiger partial charge in [0.2, 0.25) is 11.7 Å². The fourth-order valence-corrected chi connectivity index (χ4v) is 3.79. The van der Waals surface area contributed by atoms with E-state index in [1.165, 1.54) is 5.56 Å². The molecule has 0 aliphatic carbocycles. The second-order valence-electron chi connectivity index (χ2n) is 7.36. The number of carbonyl (C=O) groups is 1. The van der Waals surface area contributed by atoms with Crippen molar-refractivity contribution in [3.63, 3.8) is 0 Å². The van der Waals surface area contributed by atoms with Crippen molar-refractivity contribution in [1.29, 1.82) is 0 Å². The monoisotopic (exact) mass is 568 g/mol. The second kappa shape index (κ2) is 13.1. The summed E-state index contributed by atoms with van der Waals surface area (Å²) in [7, 11) is 4.74. The Labute approximate surface area is 212 Å². The summed E-state index contributed by atoms with van der Waals surface area (Å²) >= 11 is 0. The van der Waals surface area contributed by atoms with Crippen molar-refractivity contribution >= 4 is 41.5 Å². The molecule has 2 N–H and O–H groups in total. The Hall–Kier alpha value is -2.69. The van der Waals surface area contributed by atoms with Crippen molar-refractivity contribution in [2.75, 3.05) is 45.9 Å². The van der Waals surface area contributed by atoms with Crippen LogP contribution in [0.2, 0.25) is 0 Å². The number of rotatable bonds is 8. The zero-order chi connectivity index (χ0) is 22.9. The molecular weight excluding hydrogens is 535 g/mol. The molecule has 3 rings (SSSR count). The maximum Gasteiger partial charge on any atom is 0.246 e. The van der Waals surface area contributed by atoms with E-state index in [0.29, 0.717) is 36.3 Å². The number of amides is 1. The molecule has 1 aliphatic heterocycles. The molecule has 9 heteroatoms. The minimum absolute atomic E-state index is 0. The zero-order valence-corrected chi connectivity index (χ0v) is 22.0. The molecular formula is C24H33IN4O4. The third kappa shape index (κ3) is 6.66. The van der Waals surface area contributed by atoms with Gasteiger partial charge in [-0.1, -0.05) is 18.2 Å². The van der Waals surface area contributed by atoms with Crippen LogP contribution in [0.3, 0.4) is 0 Å². The van der Waals surface area contributed by atoms with E-state index < -0.39 is 0 Å². The number of hydrogen-bond acceptors (Lipinski definition) is 5. The van der Waals surface area contributed by atoms with E-state index in [1.807, 2.05) is 42.2 Å². The Morgan fingerprint density at radius 3 is 2.39 bits per heavy atom. The van der Waals surface area contributed by atoms with Crippen LogP contribution in [0, 0.1) is 0 Å². The molecule has 180 valence electrons. The number of carbonyl (C=O) groups excluding carboxylic acids is 1. The van der Waals surface area contributed by atoms with Crippen LogP contribution in [-0.2, 0) is 17.8 Å². The number of aryl methyl sites for hydroxylation is 1. The first kappa shape index (κ1) is 26.6. The third-order valence-corrected chi connectivity index (χ3v) is 5.31. The molecule has 8 nitrogen and oxygen atoms in total. The fraction of sp³-hybridized carbons (Fsp3) is 0.417. The minimum atomic E-state index is 0. The first-order valence-electron chi connectivity index (χ1n) is 10.8. The highest BCUT2D eigenvalue weighted by Gasteiger charge is 2.22. The van der Waals surface area contributed by atoms with Crippen LogP contribution in [0.1, 0.15) is 24.5 Å².